The van der Waals surface area contributed by atoms with E-state index in [1.54, 1.807) is 61.5 Å². The number of benzene rings is 3. The van der Waals surface area contributed by atoms with Crippen molar-refractivity contribution in [2.75, 3.05) is 23.8 Å². The molecule has 0 radical (unpaired) electrons. The molecule has 0 aromatic heterocycles. The zero-order valence-corrected chi connectivity index (χ0v) is 25.4. The van der Waals surface area contributed by atoms with Gasteiger partial charge in [-0.25, -0.2) is 8.42 Å². The molecule has 1 aliphatic rings. The summed E-state index contributed by atoms with van der Waals surface area (Å²) in [7, 11) is -3.39. The van der Waals surface area contributed by atoms with E-state index >= 15 is 0 Å². The van der Waals surface area contributed by atoms with Crippen LogP contribution in [-0.2, 0) is 14.6 Å². The lowest BCUT2D eigenvalue weighted by Gasteiger charge is -2.26. The minimum atomic E-state index is -3.39. The maximum atomic E-state index is 13.1. The maximum absolute atomic E-state index is 13.1. The molecule has 0 spiro atoms. The average Bonchev–Trinajstić information content (AvgIpc) is 3.40. The Labute approximate surface area is 259 Å². The first kappa shape index (κ1) is 32.5. The molecule has 3 aromatic carbocycles. The van der Waals surface area contributed by atoms with Gasteiger partial charge < -0.3 is 19.7 Å². The van der Waals surface area contributed by atoms with Crippen LogP contribution in [-0.4, -0.2) is 52.0 Å². The van der Waals surface area contributed by atoms with Crippen LogP contribution in [0.1, 0.15) is 41.7 Å². The predicted octanol–water partition coefficient (Wildman–Crippen LogP) is 6.44. The summed E-state index contributed by atoms with van der Waals surface area (Å²) in [5.74, 6) is -0.0515. The summed E-state index contributed by atoms with van der Waals surface area (Å²) >= 11 is 12.2. The van der Waals surface area contributed by atoms with Gasteiger partial charge in [-0.3, -0.25) is 4.79 Å². The lowest BCUT2D eigenvalue weighted by molar-refractivity contribution is -0.131. The molecule has 13 heteroatoms. The van der Waals surface area contributed by atoms with Crippen LogP contribution in [0.15, 0.2) is 71.6 Å². The summed E-state index contributed by atoms with van der Waals surface area (Å²) in [4.78, 5) is 15.1. The Morgan fingerprint density at radius 3 is 2.42 bits per heavy atom. The fraction of sp³-hybridized carbons (Fsp3) is 0.333. The third kappa shape index (κ3) is 8.36. The quantitative estimate of drug-likeness (QED) is 0.240. The first-order valence-corrected chi connectivity index (χ1v) is 15.8. The third-order valence-corrected chi connectivity index (χ3v) is 9.34. The number of carbonyl (C=O) groups excluding carboxylic acids is 1. The number of ether oxygens (including phenoxy) is 2. The number of anilines is 1. The van der Waals surface area contributed by atoms with Crippen molar-refractivity contribution in [1.29, 1.82) is 5.26 Å². The second-order valence-corrected chi connectivity index (χ2v) is 13.0. The van der Waals surface area contributed by atoms with E-state index < -0.39 is 34.4 Å². The molecule has 0 unspecified atom stereocenters. The fourth-order valence-corrected chi connectivity index (χ4v) is 6.17. The maximum Gasteiger partial charge on any atom is 0.345 e. The highest BCUT2D eigenvalue weighted by molar-refractivity contribution is 7.91. The molecule has 8 nitrogen and oxygen atoms in total. The van der Waals surface area contributed by atoms with Gasteiger partial charge in [0, 0.05) is 22.7 Å². The monoisotopic (exact) mass is 651 g/mol. The van der Waals surface area contributed by atoms with Gasteiger partial charge in [-0.05, 0) is 60.2 Å². The van der Waals surface area contributed by atoms with Crippen LogP contribution in [0.25, 0.3) is 0 Å². The van der Waals surface area contributed by atoms with Gasteiger partial charge in [0.15, 0.2) is 9.84 Å². The summed E-state index contributed by atoms with van der Waals surface area (Å²) in [5, 5.41) is 12.9. The third-order valence-electron chi connectivity index (χ3n) is 7.06. The van der Waals surface area contributed by atoms with Crippen molar-refractivity contribution in [2.45, 2.75) is 49.5 Å². The Bertz CT molecular complexity index is 1570. The number of rotatable bonds is 12. The van der Waals surface area contributed by atoms with Crippen LogP contribution >= 0.6 is 23.2 Å². The standard InChI is InChI=1S/C30H29Cl2F2N3O5S/c1-2-43(39,40)25-10-5-19(6-11-25)27(13-14-35)36-29(38)20-3-8-22(9-4-20)37-17-24(16-23(37)18-41-30(33)34)42-28-12-7-21(31)15-26(28)32/h3-12,15,23-24,27,30H,2,13,16-18H2,1H3,(H,36,38)/t23-,24-,27-/m0/s1. The zero-order valence-electron chi connectivity index (χ0n) is 23.1. The molecule has 0 aliphatic carbocycles. The van der Waals surface area contributed by atoms with Gasteiger partial charge in [0.1, 0.15) is 11.9 Å². The van der Waals surface area contributed by atoms with Crippen molar-refractivity contribution in [2.24, 2.45) is 0 Å². The molecule has 0 bridgehead atoms. The van der Waals surface area contributed by atoms with E-state index in [1.165, 1.54) is 12.1 Å². The Morgan fingerprint density at radius 1 is 1.12 bits per heavy atom. The van der Waals surface area contributed by atoms with Crippen molar-refractivity contribution < 1.29 is 31.5 Å². The topological polar surface area (TPSA) is 109 Å². The summed E-state index contributed by atoms with van der Waals surface area (Å²) < 4.78 is 60.7. The molecular formula is C30H29Cl2F2N3O5S. The first-order valence-electron chi connectivity index (χ1n) is 13.4. The lowest BCUT2D eigenvalue weighted by atomic mass is 10.0. The van der Waals surface area contributed by atoms with Crippen LogP contribution in [0.2, 0.25) is 10.0 Å². The van der Waals surface area contributed by atoms with Crippen LogP contribution in [0, 0.1) is 11.3 Å². The molecule has 1 fully saturated rings. The number of amides is 1. The fourth-order valence-electron chi connectivity index (χ4n) is 4.83. The summed E-state index contributed by atoms with van der Waals surface area (Å²) in [6, 6.07) is 18.5. The van der Waals surface area contributed by atoms with Crippen LogP contribution < -0.4 is 15.0 Å². The van der Waals surface area contributed by atoms with Crippen LogP contribution in [0.5, 0.6) is 5.75 Å². The Balaban J connectivity index is 1.47. The number of halogens is 4. The van der Waals surface area contributed by atoms with Crippen molar-refractivity contribution in [3.05, 3.63) is 87.9 Å². The highest BCUT2D eigenvalue weighted by Crippen LogP contribution is 2.33. The molecule has 1 saturated heterocycles. The number of alkyl halides is 2. The van der Waals surface area contributed by atoms with E-state index in [4.69, 9.17) is 27.9 Å². The Kier molecular flexibility index (Phi) is 10.8. The lowest BCUT2D eigenvalue weighted by Crippen LogP contribution is -2.34. The van der Waals surface area contributed by atoms with Gasteiger partial charge in [0.05, 0.1) is 53.4 Å². The van der Waals surface area contributed by atoms with Crippen molar-refractivity contribution in [1.82, 2.24) is 5.32 Å². The van der Waals surface area contributed by atoms with Gasteiger partial charge >= 0.3 is 6.61 Å². The van der Waals surface area contributed by atoms with E-state index in [-0.39, 0.29) is 29.8 Å². The molecule has 3 atom stereocenters. The van der Waals surface area contributed by atoms with Crippen LogP contribution in [0.4, 0.5) is 14.5 Å². The first-order chi connectivity index (χ1) is 20.5. The summed E-state index contributed by atoms with van der Waals surface area (Å²) in [6.07, 6.45) is -0.0110. The molecule has 228 valence electrons. The van der Waals surface area contributed by atoms with E-state index in [1.807, 2.05) is 11.0 Å². The molecule has 1 amide bonds. The molecule has 3 aromatic rings. The highest BCUT2D eigenvalue weighted by Gasteiger charge is 2.35. The number of nitriles is 1. The normalized spacial score (nSPS) is 17.5. The second-order valence-electron chi connectivity index (χ2n) is 9.86. The Morgan fingerprint density at radius 2 is 1.81 bits per heavy atom. The minimum absolute atomic E-state index is 0.0255. The van der Waals surface area contributed by atoms with E-state index in [9.17, 15) is 27.3 Å². The molecule has 43 heavy (non-hydrogen) atoms. The van der Waals surface area contributed by atoms with Crippen LogP contribution in [0.3, 0.4) is 0 Å². The minimum Gasteiger partial charge on any atom is -0.487 e. The SMILES string of the molecule is CCS(=O)(=O)c1ccc([C@H](CC#N)NC(=O)c2ccc(N3C[C@@H](Oc4ccc(Cl)cc4Cl)C[C@H]3COC(F)F)cc2)cc1. The van der Waals surface area contributed by atoms with E-state index in [2.05, 4.69) is 10.1 Å². The van der Waals surface area contributed by atoms with E-state index in [0.717, 1.165) is 0 Å². The molecule has 0 saturated carbocycles. The van der Waals surface area contributed by atoms with Gasteiger partial charge in [-0.1, -0.05) is 42.3 Å². The van der Waals surface area contributed by atoms with Gasteiger partial charge in [0.25, 0.3) is 5.91 Å². The van der Waals surface area contributed by atoms with E-state index in [0.29, 0.717) is 45.6 Å². The smallest absolute Gasteiger partial charge is 0.345 e. The number of carbonyl (C=O) groups is 1. The number of hydrogen-bond acceptors (Lipinski definition) is 7. The van der Waals surface area contributed by atoms with Crippen molar-refractivity contribution in [3.8, 4) is 11.8 Å². The van der Waals surface area contributed by atoms with Gasteiger partial charge in [0.2, 0.25) is 0 Å². The predicted molar refractivity (Wildman–Crippen MR) is 160 cm³/mol. The zero-order chi connectivity index (χ0) is 31.1. The Hall–Kier alpha value is -3.43. The number of sulfone groups is 1. The average molecular weight is 653 g/mol. The molecule has 4 rings (SSSR count). The van der Waals surface area contributed by atoms with Crippen molar-refractivity contribution in [3.63, 3.8) is 0 Å². The summed E-state index contributed by atoms with van der Waals surface area (Å²) in [6.45, 7) is -1.25. The number of nitrogens with one attached hydrogen (secondary N) is 1. The molecule has 1 aliphatic heterocycles. The molecule has 1 heterocycles. The van der Waals surface area contributed by atoms with Gasteiger partial charge in [-0.15, -0.1) is 0 Å². The summed E-state index contributed by atoms with van der Waals surface area (Å²) in [5.41, 5.74) is 1.58. The largest absolute Gasteiger partial charge is 0.487 e. The van der Waals surface area contributed by atoms with Gasteiger partial charge in [-0.2, -0.15) is 14.0 Å². The molecule has 1 N–H and O–H groups in total. The number of hydrogen-bond donors (Lipinski definition) is 1. The molecular weight excluding hydrogens is 623 g/mol. The second kappa shape index (κ2) is 14.4. The number of nitrogens with zero attached hydrogens (tertiary/aromatic N) is 2. The van der Waals surface area contributed by atoms with Crippen molar-refractivity contribution >= 4 is 44.6 Å². The highest BCUT2D eigenvalue weighted by atomic mass is 35.5.